The number of aldehydes is 1. The Morgan fingerprint density at radius 2 is 2.26 bits per heavy atom. The van der Waals surface area contributed by atoms with E-state index in [9.17, 15) is 9.90 Å². The van der Waals surface area contributed by atoms with Gasteiger partial charge in [-0.2, -0.15) is 0 Å². The summed E-state index contributed by atoms with van der Waals surface area (Å²) in [6, 6.07) is 4.19. The van der Waals surface area contributed by atoms with Gasteiger partial charge in [0.15, 0.2) is 11.5 Å². The summed E-state index contributed by atoms with van der Waals surface area (Å²) in [6.07, 6.45) is 4.55. The molecule has 2 unspecified atom stereocenters. The SMILES string of the molecule is CNC1[C@@H](CCC=O)[C@]23CC1(C)Cc1ccc(O)c(c12)O[C@@H]3C. The molecule has 4 heteroatoms. The minimum absolute atomic E-state index is 0.0270. The van der Waals surface area contributed by atoms with Gasteiger partial charge in [-0.15, -0.1) is 0 Å². The molecule has 2 aliphatic carbocycles. The highest BCUT2D eigenvalue weighted by Crippen LogP contribution is 2.68. The van der Waals surface area contributed by atoms with Gasteiger partial charge in [-0.3, -0.25) is 0 Å². The van der Waals surface area contributed by atoms with Crippen molar-refractivity contribution in [2.24, 2.45) is 11.3 Å². The summed E-state index contributed by atoms with van der Waals surface area (Å²) in [5.74, 6) is 1.28. The van der Waals surface area contributed by atoms with Crippen LogP contribution in [0.2, 0.25) is 0 Å². The molecule has 1 spiro atoms. The van der Waals surface area contributed by atoms with E-state index in [1.165, 1.54) is 11.1 Å². The monoisotopic (exact) mass is 315 g/mol. The number of carbonyl (C=O) groups is 1. The van der Waals surface area contributed by atoms with E-state index in [0.29, 0.717) is 24.1 Å². The molecule has 2 bridgehead atoms. The van der Waals surface area contributed by atoms with Crippen molar-refractivity contribution in [3.63, 3.8) is 0 Å². The number of aromatic hydroxyl groups is 1. The molecule has 0 amide bonds. The van der Waals surface area contributed by atoms with E-state index in [1.54, 1.807) is 6.07 Å². The summed E-state index contributed by atoms with van der Waals surface area (Å²) < 4.78 is 6.16. The second-order valence-electron chi connectivity index (χ2n) is 7.87. The van der Waals surface area contributed by atoms with Crippen LogP contribution in [0.4, 0.5) is 0 Å². The minimum Gasteiger partial charge on any atom is -0.504 e. The normalized spacial score (nSPS) is 39.9. The van der Waals surface area contributed by atoms with Crippen molar-refractivity contribution in [2.75, 3.05) is 7.05 Å². The number of carbonyl (C=O) groups excluding carboxylic acids is 1. The predicted octanol–water partition coefficient (Wildman–Crippen LogP) is 2.56. The molecular weight excluding hydrogens is 290 g/mol. The van der Waals surface area contributed by atoms with Crippen molar-refractivity contribution < 1.29 is 14.6 Å². The van der Waals surface area contributed by atoms with Crippen molar-refractivity contribution in [3.8, 4) is 11.5 Å². The van der Waals surface area contributed by atoms with Crippen molar-refractivity contribution in [1.82, 2.24) is 5.32 Å². The third-order valence-corrected chi connectivity index (χ3v) is 6.72. The van der Waals surface area contributed by atoms with Crippen molar-refractivity contribution in [2.45, 2.75) is 57.1 Å². The Balaban J connectivity index is 1.95. The molecule has 0 radical (unpaired) electrons. The molecule has 4 rings (SSSR count). The molecule has 1 aromatic carbocycles. The first kappa shape index (κ1) is 15.0. The van der Waals surface area contributed by atoms with Gasteiger partial charge in [-0.1, -0.05) is 13.0 Å². The van der Waals surface area contributed by atoms with Gasteiger partial charge in [-0.25, -0.2) is 0 Å². The lowest BCUT2D eigenvalue weighted by Gasteiger charge is -2.39. The van der Waals surface area contributed by atoms with Gasteiger partial charge in [0.1, 0.15) is 12.4 Å². The number of hydrogen-bond acceptors (Lipinski definition) is 4. The van der Waals surface area contributed by atoms with Crippen LogP contribution >= 0.6 is 0 Å². The fourth-order valence-electron chi connectivity index (χ4n) is 6.11. The Morgan fingerprint density at radius 1 is 1.48 bits per heavy atom. The van der Waals surface area contributed by atoms with Crippen LogP contribution in [0.1, 0.15) is 44.2 Å². The Kier molecular flexibility index (Phi) is 3.08. The molecule has 5 atom stereocenters. The molecular formula is C19H25NO3. The van der Waals surface area contributed by atoms with E-state index in [-0.39, 0.29) is 22.7 Å². The van der Waals surface area contributed by atoms with Crippen LogP contribution in [0.25, 0.3) is 0 Å². The lowest BCUT2D eigenvalue weighted by molar-refractivity contribution is -0.108. The second-order valence-corrected chi connectivity index (χ2v) is 7.87. The topological polar surface area (TPSA) is 58.6 Å². The lowest BCUT2D eigenvalue weighted by Crippen LogP contribution is -2.45. The number of fused-ring (bicyclic) bond motifs is 1. The highest BCUT2D eigenvalue weighted by atomic mass is 16.5. The van der Waals surface area contributed by atoms with E-state index in [0.717, 1.165) is 25.5 Å². The Bertz CT molecular complexity index is 673. The summed E-state index contributed by atoms with van der Waals surface area (Å²) in [5, 5.41) is 13.8. The molecule has 4 nitrogen and oxygen atoms in total. The van der Waals surface area contributed by atoms with Crippen LogP contribution in [0.3, 0.4) is 0 Å². The zero-order valence-corrected chi connectivity index (χ0v) is 14.1. The van der Waals surface area contributed by atoms with E-state index >= 15 is 0 Å². The maximum absolute atomic E-state index is 11.0. The van der Waals surface area contributed by atoms with Crippen molar-refractivity contribution in [3.05, 3.63) is 23.3 Å². The minimum atomic E-state index is -0.0902. The first-order valence-electron chi connectivity index (χ1n) is 8.61. The molecule has 0 aromatic heterocycles. The first-order chi connectivity index (χ1) is 11.0. The van der Waals surface area contributed by atoms with E-state index < -0.39 is 0 Å². The summed E-state index contributed by atoms with van der Waals surface area (Å²) >= 11 is 0. The van der Waals surface area contributed by atoms with Gasteiger partial charge in [0.25, 0.3) is 0 Å². The number of ether oxygens (including phenoxy) is 1. The van der Waals surface area contributed by atoms with Crippen molar-refractivity contribution >= 4 is 6.29 Å². The number of phenolic OH excluding ortho intramolecular Hbond substituents is 1. The largest absolute Gasteiger partial charge is 0.504 e. The molecule has 1 saturated carbocycles. The Labute approximate surface area is 137 Å². The van der Waals surface area contributed by atoms with Crippen LogP contribution in [-0.4, -0.2) is 30.6 Å². The standard InChI is InChI=1S/C19H25NO3/c1-11-19-10-18(2,17(20-3)13(19)5-4-8-21)9-12-6-7-14(22)16(23-11)15(12)19/h6-8,11,13,17,20,22H,4-5,9-10H2,1-3H3/t11-,13-,17?,18?,19-/m1/s1. The zero-order chi connectivity index (χ0) is 16.4. The van der Waals surface area contributed by atoms with Crippen LogP contribution in [0.5, 0.6) is 11.5 Å². The molecule has 0 saturated heterocycles. The molecule has 1 aliphatic heterocycles. The molecule has 3 aliphatic rings. The fourth-order valence-corrected chi connectivity index (χ4v) is 6.11. The Morgan fingerprint density at radius 3 is 2.96 bits per heavy atom. The number of benzene rings is 1. The molecule has 1 heterocycles. The predicted molar refractivity (Wildman–Crippen MR) is 87.9 cm³/mol. The number of hydrogen-bond donors (Lipinski definition) is 2. The maximum atomic E-state index is 11.0. The fraction of sp³-hybridized carbons (Fsp3) is 0.632. The summed E-state index contributed by atoms with van der Waals surface area (Å²) in [4.78, 5) is 11.0. The van der Waals surface area contributed by atoms with Crippen LogP contribution in [-0.2, 0) is 16.6 Å². The van der Waals surface area contributed by atoms with Crippen LogP contribution in [0, 0.1) is 11.3 Å². The highest BCUT2D eigenvalue weighted by molar-refractivity contribution is 5.61. The molecule has 1 fully saturated rings. The molecule has 23 heavy (non-hydrogen) atoms. The average Bonchev–Trinajstić information content (AvgIpc) is 2.92. The van der Waals surface area contributed by atoms with Gasteiger partial charge in [0, 0.05) is 23.4 Å². The van der Waals surface area contributed by atoms with E-state index in [2.05, 4.69) is 25.2 Å². The smallest absolute Gasteiger partial charge is 0.165 e. The quantitative estimate of drug-likeness (QED) is 0.839. The third-order valence-electron chi connectivity index (χ3n) is 6.72. The molecule has 1 aromatic rings. The lowest BCUT2D eigenvalue weighted by atomic mass is 9.62. The van der Waals surface area contributed by atoms with Gasteiger partial charge >= 0.3 is 0 Å². The number of rotatable bonds is 4. The van der Waals surface area contributed by atoms with Gasteiger partial charge in [-0.05, 0) is 56.2 Å². The van der Waals surface area contributed by atoms with Crippen LogP contribution in [0.15, 0.2) is 12.1 Å². The van der Waals surface area contributed by atoms with Gasteiger partial charge in [0.05, 0.1) is 0 Å². The number of nitrogens with one attached hydrogen (secondary N) is 1. The highest BCUT2D eigenvalue weighted by Gasteiger charge is 2.67. The summed E-state index contributed by atoms with van der Waals surface area (Å²) in [6.45, 7) is 4.48. The van der Waals surface area contributed by atoms with Gasteiger partial charge < -0.3 is 20.0 Å². The molecule has 2 N–H and O–H groups in total. The first-order valence-corrected chi connectivity index (χ1v) is 8.61. The third kappa shape index (κ3) is 1.68. The summed E-state index contributed by atoms with van der Waals surface area (Å²) in [7, 11) is 2.03. The van der Waals surface area contributed by atoms with Crippen LogP contribution < -0.4 is 10.1 Å². The summed E-state index contributed by atoms with van der Waals surface area (Å²) in [5.41, 5.74) is 2.60. The van der Waals surface area contributed by atoms with E-state index in [4.69, 9.17) is 4.74 Å². The Hall–Kier alpha value is -1.55. The van der Waals surface area contributed by atoms with Gasteiger partial charge in [0.2, 0.25) is 0 Å². The zero-order valence-electron chi connectivity index (χ0n) is 14.1. The molecule has 124 valence electrons. The van der Waals surface area contributed by atoms with E-state index in [1.807, 2.05) is 7.05 Å². The second kappa shape index (κ2) is 4.73. The van der Waals surface area contributed by atoms with Crippen molar-refractivity contribution in [1.29, 1.82) is 0 Å². The average molecular weight is 315 g/mol. The number of phenols is 1. The maximum Gasteiger partial charge on any atom is 0.165 e.